The Labute approximate surface area is 161 Å². The van der Waals surface area contributed by atoms with Crippen LogP contribution in [0.1, 0.15) is 17.9 Å². The fourth-order valence-electron chi connectivity index (χ4n) is 3.21. The van der Waals surface area contributed by atoms with Gasteiger partial charge in [-0.1, -0.05) is 0 Å². The molecule has 0 saturated heterocycles. The second-order valence-electron chi connectivity index (χ2n) is 6.46. The van der Waals surface area contributed by atoms with E-state index in [1.807, 2.05) is 19.1 Å². The Kier molecular flexibility index (Phi) is 4.88. The minimum Gasteiger partial charge on any atom is -0.480 e. The van der Waals surface area contributed by atoms with Crippen LogP contribution >= 0.6 is 0 Å². The van der Waals surface area contributed by atoms with Gasteiger partial charge in [-0.2, -0.15) is 4.52 Å². The summed E-state index contributed by atoms with van der Waals surface area (Å²) in [5.41, 5.74) is 3.79. The molecule has 4 aromatic rings. The molecule has 0 aromatic carbocycles. The van der Waals surface area contributed by atoms with Crippen molar-refractivity contribution >= 4 is 22.6 Å². The normalized spacial score (nSPS) is 11.2. The van der Waals surface area contributed by atoms with Crippen molar-refractivity contribution in [2.75, 3.05) is 13.7 Å². The smallest absolute Gasteiger partial charge is 0.231 e. The minimum atomic E-state index is -0.0353. The summed E-state index contributed by atoms with van der Waals surface area (Å²) in [5.74, 6) is 1.07. The number of aryl methyl sites for hydroxylation is 2. The van der Waals surface area contributed by atoms with E-state index in [4.69, 9.17) is 4.74 Å². The molecule has 1 N–H and O–H groups in total. The zero-order valence-corrected chi connectivity index (χ0v) is 15.8. The summed E-state index contributed by atoms with van der Waals surface area (Å²) in [6.07, 6.45) is 2.54. The van der Waals surface area contributed by atoms with Gasteiger partial charge in [0.2, 0.25) is 11.8 Å². The van der Waals surface area contributed by atoms with Gasteiger partial charge in [0.25, 0.3) is 0 Å². The molecule has 0 atom stereocenters. The van der Waals surface area contributed by atoms with Crippen molar-refractivity contribution in [3.8, 4) is 5.88 Å². The van der Waals surface area contributed by atoms with Gasteiger partial charge in [-0.15, -0.1) is 15.3 Å². The van der Waals surface area contributed by atoms with Crippen molar-refractivity contribution in [1.82, 2.24) is 34.7 Å². The fraction of sp³-hybridized carbons (Fsp3) is 0.316. The maximum atomic E-state index is 12.2. The number of fused-ring (bicyclic) bond motifs is 2. The minimum absolute atomic E-state index is 0.0353. The summed E-state index contributed by atoms with van der Waals surface area (Å²) in [6.45, 7) is 3.28. The summed E-state index contributed by atoms with van der Waals surface area (Å²) >= 11 is 0. The SMILES string of the molecule is COc1ccc2nnc(CCC(=O)NCCn3c(C)cc4ncccc43)n2n1. The van der Waals surface area contributed by atoms with Crippen LogP contribution in [0.5, 0.6) is 5.88 Å². The Balaban J connectivity index is 1.33. The van der Waals surface area contributed by atoms with Gasteiger partial charge in [0.15, 0.2) is 11.5 Å². The lowest BCUT2D eigenvalue weighted by Gasteiger charge is -2.09. The summed E-state index contributed by atoms with van der Waals surface area (Å²) in [5, 5.41) is 15.4. The molecule has 9 heteroatoms. The zero-order chi connectivity index (χ0) is 19.5. The number of pyridine rings is 1. The number of nitrogens with one attached hydrogen (secondary N) is 1. The Morgan fingerprint density at radius 3 is 3.00 bits per heavy atom. The van der Waals surface area contributed by atoms with Crippen LogP contribution in [-0.2, 0) is 17.8 Å². The molecule has 0 bridgehead atoms. The van der Waals surface area contributed by atoms with Gasteiger partial charge in [0, 0.05) is 43.9 Å². The second-order valence-corrected chi connectivity index (χ2v) is 6.46. The van der Waals surface area contributed by atoms with E-state index in [1.165, 1.54) is 0 Å². The molecule has 9 nitrogen and oxygen atoms in total. The van der Waals surface area contributed by atoms with Gasteiger partial charge in [-0.3, -0.25) is 9.78 Å². The molecular weight excluding hydrogens is 358 g/mol. The van der Waals surface area contributed by atoms with Crippen LogP contribution in [0.15, 0.2) is 36.5 Å². The number of hydrogen-bond donors (Lipinski definition) is 1. The van der Waals surface area contributed by atoms with E-state index in [9.17, 15) is 4.79 Å². The van der Waals surface area contributed by atoms with Gasteiger partial charge in [0.1, 0.15) is 0 Å². The molecule has 4 rings (SSSR count). The number of methoxy groups -OCH3 is 1. The first-order valence-electron chi connectivity index (χ1n) is 9.08. The zero-order valence-electron chi connectivity index (χ0n) is 15.8. The lowest BCUT2D eigenvalue weighted by Crippen LogP contribution is -2.27. The first-order valence-corrected chi connectivity index (χ1v) is 9.08. The van der Waals surface area contributed by atoms with Crippen LogP contribution in [0.3, 0.4) is 0 Å². The molecule has 1 amide bonds. The number of amides is 1. The van der Waals surface area contributed by atoms with Crippen LogP contribution < -0.4 is 10.1 Å². The third-order valence-corrected chi connectivity index (χ3v) is 4.62. The lowest BCUT2D eigenvalue weighted by atomic mass is 10.3. The first kappa shape index (κ1) is 17.9. The maximum absolute atomic E-state index is 12.2. The average Bonchev–Trinajstić information content (AvgIpc) is 3.26. The van der Waals surface area contributed by atoms with Gasteiger partial charge >= 0.3 is 0 Å². The highest BCUT2D eigenvalue weighted by Gasteiger charge is 2.11. The number of rotatable bonds is 7. The Hall–Kier alpha value is -3.49. The Morgan fingerprint density at radius 2 is 2.14 bits per heavy atom. The Morgan fingerprint density at radius 1 is 1.25 bits per heavy atom. The van der Waals surface area contributed by atoms with Crippen LogP contribution in [0, 0.1) is 6.92 Å². The van der Waals surface area contributed by atoms with E-state index >= 15 is 0 Å². The van der Waals surface area contributed by atoms with E-state index in [0.717, 1.165) is 16.7 Å². The van der Waals surface area contributed by atoms with E-state index < -0.39 is 0 Å². The summed E-state index contributed by atoms with van der Waals surface area (Å²) < 4.78 is 8.89. The molecule has 0 radical (unpaired) electrons. The molecule has 0 unspecified atom stereocenters. The number of carbonyl (C=O) groups excluding carboxylic acids is 1. The third kappa shape index (κ3) is 3.51. The topological polar surface area (TPSA) is 99.2 Å². The molecule has 4 aromatic heterocycles. The number of ether oxygens (including phenoxy) is 1. The number of nitrogens with zero attached hydrogens (tertiary/aromatic N) is 6. The molecule has 144 valence electrons. The largest absolute Gasteiger partial charge is 0.480 e. The van der Waals surface area contributed by atoms with Crippen LogP contribution in [-0.4, -0.2) is 48.9 Å². The molecule has 0 aliphatic rings. The summed E-state index contributed by atoms with van der Waals surface area (Å²) in [7, 11) is 1.55. The van der Waals surface area contributed by atoms with E-state index in [2.05, 4.69) is 36.2 Å². The molecule has 4 heterocycles. The molecule has 0 fully saturated rings. The average molecular weight is 379 g/mol. The van der Waals surface area contributed by atoms with E-state index in [1.54, 1.807) is 30.0 Å². The van der Waals surface area contributed by atoms with Gasteiger partial charge < -0.3 is 14.6 Å². The predicted octanol–water partition coefficient (Wildman–Crippen LogP) is 1.54. The fourth-order valence-corrected chi connectivity index (χ4v) is 3.21. The molecule has 0 saturated carbocycles. The highest BCUT2D eigenvalue weighted by molar-refractivity contribution is 5.77. The van der Waals surface area contributed by atoms with Crippen molar-refractivity contribution in [2.45, 2.75) is 26.3 Å². The molecule has 0 spiro atoms. The van der Waals surface area contributed by atoms with Crippen molar-refractivity contribution < 1.29 is 9.53 Å². The van der Waals surface area contributed by atoms with E-state index in [-0.39, 0.29) is 5.91 Å². The quantitative estimate of drug-likeness (QED) is 0.523. The van der Waals surface area contributed by atoms with E-state index in [0.29, 0.717) is 43.3 Å². The predicted molar refractivity (Wildman–Crippen MR) is 103 cm³/mol. The second kappa shape index (κ2) is 7.63. The maximum Gasteiger partial charge on any atom is 0.231 e. The van der Waals surface area contributed by atoms with Crippen LogP contribution in [0.4, 0.5) is 0 Å². The third-order valence-electron chi connectivity index (χ3n) is 4.62. The highest BCUT2D eigenvalue weighted by Crippen LogP contribution is 2.16. The van der Waals surface area contributed by atoms with Gasteiger partial charge in [-0.25, -0.2) is 0 Å². The summed E-state index contributed by atoms with van der Waals surface area (Å²) in [4.78, 5) is 16.6. The van der Waals surface area contributed by atoms with Crippen molar-refractivity contribution in [2.24, 2.45) is 0 Å². The van der Waals surface area contributed by atoms with Crippen molar-refractivity contribution in [3.63, 3.8) is 0 Å². The standard InChI is InChI=1S/C19H21N7O2/c1-13-12-14-15(4-3-9-20-14)25(13)11-10-21-18(27)7-5-16-22-23-17-6-8-19(28-2)24-26(16)17/h3-4,6,8-9,12H,5,7,10-11H2,1-2H3,(H,21,27). The molecular formula is C19H21N7O2. The number of hydrogen-bond acceptors (Lipinski definition) is 6. The number of aromatic nitrogens is 6. The molecule has 28 heavy (non-hydrogen) atoms. The van der Waals surface area contributed by atoms with Crippen LogP contribution in [0.2, 0.25) is 0 Å². The lowest BCUT2D eigenvalue weighted by molar-refractivity contribution is -0.121. The van der Waals surface area contributed by atoms with Gasteiger partial charge in [-0.05, 0) is 31.2 Å². The highest BCUT2D eigenvalue weighted by atomic mass is 16.5. The van der Waals surface area contributed by atoms with Gasteiger partial charge in [0.05, 0.1) is 18.1 Å². The molecule has 0 aliphatic heterocycles. The molecule has 0 aliphatic carbocycles. The van der Waals surface area contributed by atoms with Crippen molar-refractivity contribution in [3.05, 3.63) is 48.0 Å². The first-order chi connectivity index (χ1) is 13.7. The van der Waals surface area contributed by atoms with Crippen LogP contribution in [0.25, 0.3) is 16.7 Å². The summed E-state index contributed by atoms with van der Waals surface area (Å²) in [6, 6.07) is 9.51. The van der Waals surface area contributed by atoms with Crippen molar-refractivity contribution in [1.29, 1.82) is 0 Å². The Bertz CT molecular complexity index is 1130. The monoisotopic (exact) mass is 379 g/mol. The number of carbonyl (C=O) groups is 1.